The number of hydrogen-bond donors (Lipinski definition) is 0. The van der Waals surface area contributed by atoms with Gasteiger partial charge in [-0.2, -0.15) is 0 Å². The summed E-state index contributed by atoms with van der Waals surface area (Å²) in [5, 5.41) is 1.91. The van der Waals surface area contributed by atoms with E-state index in [1.165, 1.54) is 10.5 Å². The monoisotopic (exact) mass is 280 g/mol. The molecule has 0 N–H and O–H groups in total. The van der Waals surface area contributed by atoms with Gasteiger partial charge in [0.05, 0.1) is 0 Å². The third-order valence-corrected chi connectivity index (χ3v) is 4.68. The summed E-state index contributed by atoms with van der Waals surface area (Å²) in [4.78, 5) is 3.86. The number of hydrogen-bond acceptors (Lipinski definition) is 4. The Balaban J connectivity index is 1.81. The average Bonchev–Trinajstić information content (AvgIpc) is 2.42. The van der Waals surface area contributed by atoms with Gasteiger partial charge < -0.3 is 0 Å². The van der Waals surface area contributed by atoms with Crippen molar-refractivity contribution in [3.05, 3.63) is 41.8 Å². The lowest BCUT2D eigenvalue weighted by Crippen LogP contribution is -2.42. The molecule has 1 aliphatic rings. The summed E-state index contributed by atoms with van der Waals surface area (Å²) in [6, 6.07) is 8.92. The second-order valence-corrected chi connectivity index (χ2v) is 6.27. The third-order valence-electron chi connectivity index (χ3n) is 3.12. The van der Waals surface area contributed by atoms with E-state index in [1.54, 1.807) is 23.7 Å². The molecule has 1 fully saturated rings. The van der Waals surface area contributed by atoms with E-state index >= 15 is 0 Å². The summed E-state index contributed by atoms with van der Waals surface area (Å²) in [6.07, 6.45) is 2.12. The van der Waals surface area contributed by atoms with E-state index in [9.17, 15) is 0 Å². The summed E-state index contributed by atoms with van der Waals surface area (Å²) in [6.45, 7) is 9.37. The second-order valence-electron chi connectivity index (χ2n) is 4.33. The number of piperazine rings is 1. The fraction of sp³-hybridized carbons (Fsp3) is 0.429. The van der Waals surface area contributed by atoms with E-state index in [0.717, 1.165) is 32.7 Å². The molecule has 1 aromatic rings. The van der Waals surface area contributed by atoms with Gasteiger partial charge in [0.25, 0.3) is 0 Å². The number of nitrogens with zero attached hydrogens (tertiary/aromatic N) is 2. The van der Waals surface area contributed by atoms with Crippen molar-refractivity contribution in [2.45, 2.75) is 11.4 Å². The first-order valence-corrected chi connectivity index (χ1v) is 8.26. The average molecular weight is 280 g/mol. The van der Waals surface area contributed by atoms with Gasteiger partial charge in [-0.15, -0.1) is 11.8 Å². The standard InChI is InChI=1S/C14H20N2S2/c1-3-18-16-10-8-15(9-11-16)12-13-4-6-14(17-2)7-5-13/h3-7H,1,8-12H2,2H3. The van der Waals surface area contributed by atoms with Gasteiger partial charge in [0.2, 0.25) is 0 Å². The second kappa shape index (κ2) is 7.24. The lowest BCUT2D eigenvalue weighted by Gasteiger charge is -2.33. The summed E-state index contributed by atoms with van der Waals surface area (Å²) < 4.78 is 2.38. The molecule has 18 heavy (non-hydrogen) atoms. The van der Waals surface area contributed by atoms with Gasteiger partial charge in [0, 0.05) is 37.6 Å². The molecule has 0 atom stereocenters. The van der Waals surface area contributed by atoms with Crippen molar-refractivity contribution < 1.29 is 0 Å². The van der Waals surface area contributed by atoms with Crippen LogP contribution in [0.15, 0.2) is 41.1 Å². The van der Waals surface area contributed by atoms with Crippen molar-refractivity contribution in [2.24, 2.45) is 0 Å². The molecule has 2 rings (SSSR count). The number of rotatable bonds is 5. The molecule has 1 heterocycles. The molecule has 1 aromatic carbocycles. The largest absolute Gasteiger partial charge is 0.296 e. The lowest BCUT2D eigenvalue weighted by atomic mass is 10.2. The van der Waals surface area contributed by atoms with Crippen molar-refractivity contribution in [3.8, 4) is 0 Å². The minimum atomic E-state index is 1.07. The molecule has 0 amide bonds. The Hall–Kier alpha value is -0.420. The Morgan fingerprint density at radius 2 is 1.83 bits per heavy atom. The van der Waals surface area contributed by atoms with E-state index in [1.807, 2.05) is 5.41 Å². The molecular formula is C14H20N2S2. The smallest absolute Gasteiger partial charge is 0.0234 e. The fourth-order valence-corrected chi connectivity index (χ4v) is 3.08. The van der Waals surface area contributed by atoms with Crippen molar-refractivity contribution in [3.63, 3.8) is 0 Å². The van der Waals surface area contributed by atoms with Crippen molar-refractivity contribution in [1.29, 1.82) is 0 Å². The van der Waals surface area contributed by atoms with Gasteiger partial charge in [-0.3, -0.25) is 4.90 Å². The molecular weight excluding hydrogens is 260 g/mol. The highest BCUT2D eigenvalue weighted by molar-refractivity contribution is 7.99. The zero-order valence-electron chi connectivity index (χ0n) is 10.8. The first kappa shape index (κ1) is 14.0. The van der Waals surface area contributed by atoms with Crippen molar-refractivity contribution in [2.75, 3.05) is 32.4 Å². The molecule has 1 aliphatic heterocycles. The van der Waals surface area contributed by atoms with Crippen LogP contribution in [0.5, 0.6) is 0 Å². The van der Waals surface area contributed by atoms with Crippen LogP contribution in [0, 0.1) is 0 Å². The van der Waals surface area contributed by atoms with Crippen LogP contribution in [-0.2, 0) is 6.54 Å². The van der Waals surface area contributed by atoms with E-state index in [4.69, 9.17) is 0 Å². The molecule has 98 valence electrons. The molecule has 2 nitrogen and oxygen atoms in total. The van der Waals surface area contributed by atoms with E-state index in [-0.39, 0.29) is 0 Å². The first-order valence-electron chi connectivity index (χ1n) is 6.19. The molecule has 1 saturated heterocycles. The predicted molar refractivity (Wildman–Crippen MR) is 82.9 cm³/mol. The Morgan fingerprint density at radius 3 is 2.39 bits per heavy atom. The van der Waals surface area contributed by atoms with Crippen LogP contribution in [-0.4, -0.2) is 41.6 Å². The molecule has 0 spiro atoms. The van der Waals surface area contributed by atoms with Gasteiger partial charge in [-0.25, -0.2) is 4.31 Å². The van der Waals surface area contributed by atoms with Crippen LogP contribution in [0.3, 0.4) is 0 Å². The number of thioether (sulfide) groups is 1. The maximum Gasteiger partial charge on any atom is 0.0234 e. The molecule has 0 saturated carbocycles. The van der Waals surface area contributed by atoms with Gasteiger partial charge in [0.1, 0.15) is 0 Å². The maximum atomic E-state index is 3.76. The predicted octanol–water partition coefficient (Wildman–Crippen LogP) is 3.32. The Morgan fingerprint density at radius 1 is 1.17 bits per heavy atom. The topological polar surface area (TPSA) is 6.48 Å². The van der Waals surface area contributed by atoms with Gasteiger partial charge in [-0.05, 0) is 29.4 Å². The van der Waals surface area contributed by atoms with Gasteiger partial charge in [-0.1, -0.05) is 30.7 Å². The Kier molecular flexibility index (Phi) is 5.63. The highest BCUT2D eigenvalue weighted by atomic mass is 32.2. The summed E-state index contributed by atoms with van der Waals surface area (Å²) >= 11 is 3.53. The summed E-state index contributed by atoms with van der Waals surface area (Å²) in [7, 11) is 0. The lowest BCUT2D eigenvalue weighted by molar-refractivity contribution is 0.190. The zero-order chi connectivity index (χ0) is 12.8. The van der Waals surface area contributed by atoms with Gasteiger partial charge in [0.15, 0.2) is 0 Å². The normalized spacial score (nSPS) is 17.8. The Bertz CT molecular complexity index is 370. The summed E-state index contributed by atoms with van der Waals surface area (Å²) in [5.74, 6) is 0. The number of benzene rings is 1. The first-order chi connectivity index (χ1) is 8.81. The third kappa shape index (κ3) is 4.05. The van der Waals surface area contributed by atoms with Crippen LogP contribution >= 0.6 is 23.7 Å². The van der Waals surface area contributed by atoms with Crippen LogP contribution in [0.4, 0.5) is 0 Å². The van der Waals surface area contributed by atoms with Gasteiger partial charge >= 0.3 is 0 Å². The van der Waals surface area contributed by atoms with Crippen molar-refractivity contribution in [1.82, 2.24) is 9.21 Å². The van der Waals surface area contributed by atoms with Crippen LogP contribution in [0.1, 0.15) is 5.56 Å². The maximum absolute atomic E-state index is 3.76. The van der Waals surface area contributed by atoms with Crippen molar-refractivity contribution >= 4 is 23.7 Å². The SMILES string of the molecule is C=CSN1CCN(Cc2ccc(SC)cc2)CC1. The highest BCUT2D eigenvalue weighted by Gasteiger charge is 2.16. The molecule has 0 radical (unpaired) electrons. The Labute approximate surface area is 119 Å². The fourth-order valence-electron chi connectivity index (χ4n) is 2.09. The highest BCUT2D eigenvalue weighted by Crippen LogP contribution is 2.18. The molecule has 4 heteroatoms. The minimum absolute atomic E-state index is 1.07. The molecule has 0 unspecified atom stereocenters. The molecule has 0 bridgehead atoms. The van der Waals surface area contributed by atoms with E-state index in [2.05, 4.69) is 46.3 Å². The van der Waals surface area contributed by atoms with E-state index < -0.39 is 0 Å². The molecule has 0 aliphatic carbocycles. The van der Waals surface area contributed by atoms with Crippen LogP contribution in [0.25, 0.3) is 0 Å². The van der Waals surface area contributed by atoms with Crippen LogP contribution < -0.4 is 0 Å². The quantitative estimate of drug-likeness (QED) is 0.603. The van der Waals surface area contributed by atoms with Crippen LogP contribution in [0.2, 0.25) is 0 Å². The van der Waals surface area contributed by atoms with E-state index in [0.29, 0.717) is 0 Å². The minimum Gasteiger partial charge on any atom is -0.296 e. The molecule has 0 aromatic heterocycles. The zero-order valence-corrected chi connectivity index (χ0v) is 12.5. The summed E-state index contributed by atoms with van der Waals surface area (Å²) in [5.41, 5.74) is 1.41.